The number of anilines is 1. The number of rotatable bonds is 5. The third kappa shape index (κ3) is 4.80. The maximum absolute atomic E-state index is 12.0. The first-order valence-corrected chi connectivity index (χ1v) is 7.26. The van der Waals surface area contributed by atoms with Gasteiger partial charge >= 0.3 is 0 Å². The van der Waals surface area contributed by atoms with Crippen LogP contribution < -0.4 is 10.6 Å². The van der Waals surface area contributed by atoms with Crippen LogP contribution >= 0.6 is 12.4 Å². The Kier molecular flexibility index (Phi) is 7.03. The Balaban J connectivity index is 0.00000200. The van der Waals surface area contributed by atoms with Crippen molar-refractivity contribution in [2.75, 3.05) is 18.4 Å². The van der Waals surface area contributed by atoms with E-state index >= 15 is 0 Å². The zero-order valence-corrected chi connectivity index (χ0v) is 13.1. The summed E-state index contributed by atoms with van der Waals surface area (Å²) in [7, 11) is 0. The Bertz CT molecular complexity index is 428. The molecule has 1 saturated heterocycles. The van der Waals surface area contributed by atoms with Gasteiger partial charge in [-0.05, 0) is 49.4 Å². The highest BCUT2D eigenvalue weighted by Crippen LogP contribution is 2.24. The second-order valence-corrected chi connectivity index (χ2v) is 5.69. The molecule has 1 aromatic rings. The molecule has 0 bridgehead atoms. The first-order valence-electron chi connectivity index (χ1n) is 7.26. The molecule has 3 nitrogen and oxygen atoms in total. The monoisotopic (exact) mass is 296 g/mol. The smallest absolute Gasteiger partial charge is 0.224 e. The Morgan fingerprint density at radius 2 is 2.15 bits per heavy atom. The standard InChI is InChI=1S/C16H24N2O.ClH/c1-12(2)14-5-3-4-6-15(14)18-16(19)8-7-13-9-10-17-11-13;/h3-6,12-13,17H,7-11H2,1-2H3,(H,18,19);1H. The van der Waals surface area contributed by atoms with Crippen LogP contribution in [-0.2, 0) is 4.79 Å². The molecular formula is C16H25ClN2O. The molecule has 1 heterocycles. The summed E-state index contributed by atoms with van der Waals surface area (Å²) < 4.78 is 0. The molecule has 2 rings (SSSR count). The summed E-state index contributed by atoms with van der Waals surface area (Å²) in [6.45, 7) is 6.46. The molecule has 1 fully saturated rings. The maximum Gasteiger partial charge on any atom is 0.224 e. The number of carbonyl (C=O) groups is 1. The topological polar surface area (TPSA) is 41.1 Å². The van der Waals surface area contributed by atoms with E-state index in [1.807, 2.05) is 18.2 Å². The highest BCUT2D eigenvalue weighted by atomic mass is 35.5. The van der Waals surface area contributed by atoms with Gasteiger partial charge in [0.15, 0.2) is 0 Å². The van der Waals surface area contributed by atoms with Gasteiger partial charge in [-0.15, -0.1) is 12.4 Å². The van der Waals surface area contributed by atoms with Crippen LogP contribution in [0, 0.1) is 5.92 Å². The zero-order valence-electron chi connectivity index (χ0n) is 12.3. The predicted octanol–water partition coefficient (Wildman–Crippen LogP) is 3.56. The summed E-state index contributed by atoms with van der Waals surface area (Å²) in [5.74, 6) is 1.24. The van der Waals surface area contributed by atoms with Gasteiger partial charge in [-0.3, -0.25) is 4.79 Å². The molecule has 0 aliphatic carbocycles. The van der Waals surface area contributed by atoms with Crippen LogP contribution in [0.4, 0.5) is 5.69 Å². The van der Waals surface area contributed by atoms with Crippen molar-refractivity contribution in [3.63, 3.8) is 0 Å². The number of para-hydroxylation sites is 1. The number of benzene rings is 1. The van der Waals surface area contributed by atoms with Crippen LogP contribution in [0.1, 0.15) is 44.6 Å². The van der Waals surface area contributed by atoms with Crippen molar-refractivity contribution in [3.05, 3.63) is 29.8 Å². The fourth-order valence-electron chi connectivity index (χ4n) is 2.62. The SMILES string of the molecule is CC(C)c1ccccc1NC(=O)CCC1CCNC1.Cl. The minimum atomic E-state index is 0. The van der Waals surface area contributed by atoms with E-state index < -0.39 is 0 Å². The van der Waals surface area contributed by atoms with Crippen LogP contribution in [-0.4, -0.2) is 19.0 Å². The van der Waals surface area contributed by atoms with Crippen molar-refractivity contribution in [1.29, 1.82) is 0 Å². The molecule has 1 atom stereocenters. The summed E-state index contributed by atoms with van der Waals surface area (Å²) in [5, 5.41) is 6.39. The predicted molar refractivity (Wildman–Crippen MR) is 86.6 cm³/mol. The van der Waals surface area contributed by atoms with Crippen LogP contribution in [0.5, 0.6) is 0 Å². The Morgan fingerprint density at radius 1 is 1.40 bits per heavy atom. The average Bonchev–Trinajstić information content (AvgIpc) is 2.90. The van der Waals surface area contributed by atoms with Crippen LogP contribution in [0.2, 0.25) is 0 Å². The quantitative estimate of drug-likeness (QED) is 0.872. The highest BCUT2D eigenvalue weighted by Gasteiger charge is 2.16. The Morgan fingerprint density at radius 3 is 2.80 bits per heavy atom. The van der Waals surface area contributed by atoms with Gasteiger partial charge in [0.2, 0.25) is 5.91 Å². The summed E-state index contributed by atoms with van der Waals surface area (Å²) in [6, 6.07) is 8.07. The molecule has 0 aromatic heterocycles. The van der Waals surface area contributed by atoms with E-state index in [1.54, 1.807) is 0 Å². The fourth-order valence-corrected chi connectivity index (χ4v) is 2.62. The van der Waals surface area contributed by atoms with Gasteiger partial charge in [-0.25, -0.2) is 0 Å². The van der Waals surface area contributed by atoms with E-state index in [0.29, 0.717) is 18.3 Å². The lowest BCUT2D eigenvalue weighted by Crippen LogP contribution is -2.16. The van der Waals surface area contributed by atoms with Gasteiger partial charge in [-0.1, -0.05) is 32.0 Å². The van der Waals surface area contributed by atoms with E-state index in [-0.39, 0.29) is 18.3 Å². The Hall–Kier alpha value is -1.06. The maximum atomic E-state index is 12.0. The summed E-state index contributed by atoms with van der Waals surface area (Å²) in [5.41, 5.74) is 2.17. The first kappa shape index (κ1) is 17.0. The van der Waals surface area contributed by atoms with Gasteiger partial charge in [0.1, 0.15) is 0 Å². The number of amides is 1. The Labute approximate surface area is 127 Å². The molecule has 1 aromatic carbocycles. The normalized spacial score (nSPS) is 17.9. The number of hydrogen-bond donors (Lipinski definition) is 2. The van der Waals surface area contributed by atoms with Gasteiger partial charge in [0, 0.05) is 12.1 Å². The average molecular weight is 297 g/mol. The molecule has 1 unspecified atom stereocenters. The summed E-state index contributed by atoms with van der Waals surface area (Å²) in [4.78, 5) is 12.0. The molecule has 0 spiro atoms. The van der Waals surface area contributed by atoms with Crippen molar-refractivity contribution < 1.29 is 4.79 Å². The lowest BCUT2D eigenvalue weighted by Gasteiger charge is -2.14. The number of carbonyl (C=O) groups excluding carboxylic acids is 1. The van der Waals surface area contributed by atoms with Crippen LogP contribution in [0.15, 0.2) is 24.3 Å². The molecule has 112 valence electrons. The minimum Gasteiger partial charge on any atom is -0.326 e. The fraction of sp³-hybridized carbons (Fsp3) is 0.562. The van der Waals surface area contributed by atoms with Crippen LogP contribution in [0.25, 0.3) is 0 Å². The summed E-state index contributed by atoms with van der Waals surface area (Å²) in [6.07, 6.45) is 2.82. The third-order valence-corrected chi connectivity index (χ3v) is 3.80. The van der Waals surface area contributed by atoms with Crippen molar-refractivity contribution in [3.8, 4) is 0 Å². The molecule has 0 saturated carbocycles. The van der Waals surface area contributed by atoms with Crippen molar-refractivity contribution >= 4 is 24.0 Å². The van der Waals surface area contributed by atoms with Crippen molar-refractivity contribution in [2.24, 2.45) is 5.92 Å². The number of nitrogens with one attached hydrogen (secondary N) is 2. The van der Waals surface area contributed by atoms with Gasteiger partial charge < -0.3 is 10.6 Å². The van der Waals surface area contributed by atoms with Crippen molar-refractivity contribution in [1.82, 2.24) is 5.32 Å². The van der Waals surface area contributed by atoms with E-state index in [1.165, 1.54) is 12.0 Å². The van der Waals surface area contributed by atoms with Gasteiger partial charge in [0.25, 0.3) is 0 Å². The molecular weight excluding hydrogens is 272 g/mol. The van der Waals surface area contributed by atoms with E-state index in [4.69, 9.17) is 0 Å². The lowest BCUT2D eigenvalue weighted by atomic mass is 10.0. The minimum absolute atomic E-state index is 0. The van der Waals surface area contributed by atoms with E-state index in [9.17, 15) is 4.79 Å². The molecule has 20 heavy (non-hydrogen) atoms. The van der Waals surface area contributed by atoms with E-state index in [0.717, 1.165) is 25.2 Å². The highest BCUT2D eigenvalue weighted by molar-refractivity contribution is 5.91. The van der Waals surface area contributed by atoms with E-state index in [2.05, 4.69) is 30.5 Å². The molecule has 4 heteroatoms. The first-order chi connectivity index (χ1) is 9.16. The molecule has 1 amide bonds. The summed E-state index contributed by atoms with van der Waals surface area (Å²) >= 11 is 0. The molecule has 1 aliphatic heterocycles. The molecule has 1 aliphatic rings. The number of hydrogen-bond acceptors (Lipinski definition) is 2. The van der Waals surface area contributed by atoms with Gasteiger partial charge in [0.05, 0.1) is 0 Å². The van der Waals surface area contributed by atoms with Gasteiger partial charge in [-0.2, -0.15) is 0 Å². The number of halogens is 1. The largest absolute Gasteiger partial charge is 0.326 e. The third-order valence-electron chi connectivity index (χ3n) is 3.80. The zero-order chi connectivity index (χ0) is 13.7. The second kappa shape index (κ2) is 8.28. The van der Waals surface area contributed by atoms with Crippen molar-refractivity contribution in [2.45, 2.75) is 39.0 Å². The molecule has 0 radical (unpaired) electrons. The molecule has 2 N–H and O–H groups in total. The second-order valence-electron chi connectivity index (χ2n) is 5.69. The lowest BCUT2D eigenvalue weighted by molar-refractivity contribution is -0.116. The van der Waals surface area contributed by atoms with Crippen LogP contribution in [0.3, 0.4) is 0 Å².